The Balaban J connectivity index is 1.51. The number of nitrogens with zero attached hydrogens (tertiary/aromatic N) is 3. The van der Waals surface area contributed by atoms with Crippen LogP contribution in [0.5, 0.6) is 5.75 Å². The average molecular weight is 498 g/mol. The van der Waals surface area contributed by atoms with Gasteiger partial charge < -0.3 is 20.6 Å². The van der Waals surface area contributed by atoms with Crippen molar-refractivity contribution in [2.45, 2.75) is 32.2 Å². The van der Waals surface area contributed by atoms with Gasteiger partial charge in [0.15, 0.2) is 11.4 Å². The first kappa shape index (κ1) is 23.8. The van der Waals surface area contributed by atoms with Gasteiger partial charge in [-0.2, -0.15) is 4.39 Å². The van der Waals surface area contributed by atoms with Crippen LogP contribution in [0, 0.1) is 29.0 Å². The summed E-state index contributed by atoms with van der Waals surface area (Å²) in [5.74, 6) is -1.65. The van der Waals surface area contributed by atoms with Crippen LogP contribution < -0.4 is 21.5 Å². The third-order valence-corrected chi connectivity index (χ3v) is 7.33. The Labute approximate surface area is 204 Å². The number of fused-ring (bicyclic) bond motifs is 1. The number of hydrogen-bond acceptors (Lipinski definition) is 8. The monoisotopic (exact) mass is 497 g/mol. The summed E-state index contributed by atoms with van der Waals surface area (Å²) in [7, 11) is 2.99. The van der Waals surface area contributed by atoms with Gasteiger partial charge in [0.2, 0.25) is 5.95 Å². The lowest BCUT2D eigenvalue weighted by molar-refractivity contribution is 0.0819. The Morgan fingerprint density at radius 1 is 1.14 bits per heavy atom. The van der Waals surface area contributed by atoms with Crippen molar-refractivity contribution in [3.05, 3.63) is 68.0 Å². The zero-order valence-corrected chi connectivity index (χ0v) is 19.9. The topological polar surface area (TPSA) is 125 Å². The van der Waals surface area contributed by atoms with Crippen LogP contribution in [-0.4, -0.2) is 40.0 Å². The zero-order valence-electron chi connectivity index (χ0n) is 19.9. The second-order valence-electron chi connectivity index (χ2n) is 10.2. The molecule has 3 unspecified atom stereocenters. The number of carbonyl (C=O) groups excluding carboxylic acids is 1. The molecular formula is C25H25F2N5O4. The van der Waals surface area contributed by atoms with Crippen LogP contribution in [0.15, 0.2) is 34.0 Å². The van der Waals surface area contributed by atoms with Gasteiger partial charge in [-0.1, -0.05) is 6.92 Å². The molecule has 2 aliphatic carbocycles. The number of pyridine rings is 2. The highest BCUT2D eigenvalue weighted by Gasteiger charge is 2.55. The van der Waals surface area contributed by atoms with Crippen molar-refractivity contribution < 1.29 is 18.7 Å². The molecule has 0 bridgehead atoms. The Bertz CT molecular complexity index is 1440. The third-order valence-electron chi connectivity index (χ3n) is 7.33. The van der Waals surface area contributed by atoms with Gasteiger partial charge in [-0.15, -0.1) is 0 Å². The van der Waals surface area contributed by atoms with E-state index in [0.717, 1.165) is 31.4 Å². The first-order chi connectivity index (χ1) is 17.0. The minimum Gasteiger partial charge on any atom is -0.504 e. The second kappa shape index (κ2) is 8.35. The van der Waals surface area contributed by atoms with E-state index in [9.17, 15) is 28.3 Å². The normalized spacial score (nSPS) is 23.2. The lowest BCUT2D eigenvalue weighted by Gasteiger charge is -2.37. The average Bonchev–Trinajstić information content (AvgIpc) is 3.46. The van der Waals surface area contributed by atoms with E-state index in [1.807, 2.05) is 6.92 Å². The van der Waals surface area contributed by atoms with Crippen molar-refractivity contribution in [1.82, 2.24) is 14.9 Å². The lowest BCUT2D eigenvalue weighted by Crippen LogP contribution is -2.41. The van der Waals surface area contributed by atoms with Crippen LogP contribution in [0.3, 0.4) is 0 Å². The molecule has 9 nitrogen and oxygen atoms in total. The molecule has 0 aliphatic heterocycles. The van der Waals surface area contributed by atoms with Crippen LogP contribution in [0.2, 0.25) is 0 Å². The summed E-state index contributed by atoms with van der Waals surface area (Å²) < 4.78 is 28.9. The highest BCUT2D eigenvalue weighted by molar-refractivity contribution is 5.97. The van der Waals surface area contributed by atoms with E-state index in [-0.39, 0.29) is 28.5 Å². The fourth-order valence-corrected chi connectivity index (χ4v) is 5.39. The minimum atomic E-state index is -0.873. The molecule has 188 valence electrons. The Morgan fingerprint density at radius 3 is 2.47 bits per heavy atom. The van der Waals surface area contributed by atoms with Crippen molar-refractivity contribution in [1.29, 1.82) is 0 Å². The first-order valence-electron chi connectivity index (χ1n) is 11.6. The third kappa shape index (κ3) is 3.88. The van der Waals surface area contributed by atoms with Crippen molar-refractivity contribution in [3.63, 3.8) is 0 Å². The molecule has 0 radical (unpaired) electrons. The molecule has 2 aromatic heterocycles. The molecule has 2 heterocycles. The van der Waals surface area contributed by atoms with Crippen LogP contribution in [0.4, 0.5) is 25.8 Å². The molecule has 3 atom stereocenters. The molecule has 3 aromatic rings. The lowest BCUT2D eigenvalue weighted by atomic mass is 9.76. The molecule has 11 heteroatoms. The molecule has 0 spiro atoms. The molecule has 1 amide bonds. The van der Waals surface area contributed by atoms with E-state index in [4.69, 9.17) is 0 Å². The fourth-order valence-electron chi connectivity index (χ4n) is 5.39. The number of rotatable bonds is 7. The Kier molecular flexibility index (Phi) is 5.53. The number of anilines is 3. The Hall–Kier alpha value is -3.89. The van der Waals surface area contributed by atoms with Gasteiger partial charge in [0, 0.05) is 20.3 Å². The van der Waals surface area contributed by atoms with E-state index in [1.54, 1.807) is 0 Å². The number of halogens is 2. The summed E-state index contributed by atoms with van der Waals surface area (Å²) in [6.07, 6.45) is 3.85. The molecule has 36 heavy (non-hydrogen) atoms. The molecule has 2 fully saturated rings. The SMILES string of the molecule is CN(C)C(=O)c1nccc(Nc2c(NC(c3nc(F)ccc3F)C3(C)CC4CC4C3)c(=O)c2=O)c1O. The molecule has 5 rings (SSSR count). The van der Waals surface area contributed by atoms with Gasteiger partial charge in [0.05, 0.1) is 11.7 Å². The van der Waals surface area contributed by atoms with E-state index < -0.39 is 45.7 Å². The number of hydrogen-bond donors (Lipinski definition) is 3. The van der Waals surface area contributed by atoms with E-state index in [0.29, 0.717) is 11.8 Å². The predicted molar refractivity (Wildman–Crippen MR) is 128 cm³/mol. The zero-order chi connectivity index (χ0) is 25.9. The first-order valence-corrected chi connectivity index (χ1v) is 11.6. The number of amides is 1. The van der Waals surface area contributed by atoms with Gasteiger partial charge >= 0.3 is 0 Å². The number of nitrogens with one attached hydrogen (secondary N) is 2. The van der Waals surface area contributed by atoms with Gasteiger partial charge in [-0.05, 0) is 54.7 Å². The molecule has 2 saturated carbocycles. The molecule has 3 N–H and O–H groups in total. The summed E-state index contributed by atoms with van der Waals surface area (Å²) in [5, 5.41) is 16.3. The van der Waals surface area contributed by atoms with Crippen LogP contribution in [-0.2, 0) is 0 Å². The number of carbonyl (C=O) groups is 1. The van der Waals surface area contributed by atoms with Crippen LogP contribution in [0.1, 0.15) is 48.4 Å². The minimum absolute atomic E-state index is 0.00900. The molecule has 2 aliphatic rings. The van der Waals surface area contributed by atoms with E-state index >= 15 is 0 Å². The number of aromatic nitrogens is 2. The maximum absolute atomic E-state index is 14.9. The number of aromatic hydroxyl groups is 1. The Morgan fingerprint density at radius 2 is 1.81 bits per heavy atom. The maximum atomic E-state index is 14.9. The van der Waals surface area contributed by atoms with Crippen LogP contribution in [0.25, 0.3) is 0 Å². The van der Waals surface area contributed by atoms with E-state index in [2.05, 4.69) is 20.6 Å². The predicted octanol–water partition coefficient (Wildman–Crippen LogP) is 3.09. The summed E-state index contributed by atoms with van der Waals surface area (Å²) >= 11 is 0. The van der Waals surface area contributed by atoms with Gasteiger partial charge in [-0.25, -0.2) is 14.4 Å². The molecule has 1 aromatic carbocycles. The quantitative estimate of drug-likeness (QED) is 0.336. The van der Waals surface area contributed by atoms with Crippen LogP contribution >= 0.6 is 0 Å². The smallest absolute Gasteiger partial charge is 0.275 e. The second-order valence-corrected chi connectivity index (χ2v) is 10.2. The highest BCUT2D eigenvalue weighted by atomic mass is 19.1. The van der Waals surface area contributed by atoms with E-state index in [1.165, 1.54) is 31.3 Å². The fraction of sp³-hybridized carbons (Fsp3) is 0.400. The molecular weight excluding hydrogens is 472 g/mol. The van der Waals surface area contributed by atoms with Crippen molar-refractivity contribution in [2.24, 2.45) is 17.3 Å². The summed E-state index contributed by atoms with van der Waals surface area (Å²) in [6, 6.07) is 2.39. The standard InChI is InChI=1S/C25H25F2N5O4/c1-25(9-11-8-12(11)10-25)23(16-13(26)4-5-15(27)30-16)31-18-17(21(34)22(18)35)29-14-6-7-28-19(20(14)33)24(36)32(2)3/h4-7,11-12,23,31,33H,8-10H2,1-3H3,(H,28,29). The van der Waals surface area contributed by atoms with Gasteiger partial charge in [-0.3, -0.25) is 14.4 Å². The van der Waals surface area contributed by atoms with Crippen molar-refractivity contribution in [2.75, 3.05) is 24.7 Å². The largest absolute Gasteiger partial charge is 0.504 e. The van der Waals surface area contributed by atoms with Crippen molar-refractivity contribution >= 4 is 23.0 Å². The van der Waals surface area contributed by atoms with Gasteiger partial charge in [0.1, 0.15) is 22.9 Å². The summed E-state index contributed by atoms with van der Waals surface area (Å²) in [5.41, 5.74) is -2.89. The maximum Gasteiger partial charge on any atom is 0.275 e. The summed E-state index contributed by atoms with van der Waals surface area (Å²) in [6.45, 7) is 1.94. The summed E-state index contributed by atoms with van der Waals surface area (Å²) in [4.78, 5) is 46.3. The molecule has 0 saturated heterocycles. The highest BCUT2D eigenvalue weighted by Crippen LogP contribution is 2.63. The van der Waals surface area contributed by atoms with Gasteiger partial charge in [0.25, 0.3) is 16.8 Å². The van der Waals surface area contributed by atoms with Crippen molar-refractivity contribution in [3.8, 4) is 5.75 Å².